The highest BCUT2D eigenvalue weighted by atomic mass is 19.1. The average Bonchev–Trinajstić information content (AvgIpc) is 3.12. The molecule has 0 aromatic heterocycles. The summed E-state index contributed by atoms with van der Waals surface area (Å²) in [6.45, 7) is 0.483. The molecule has 1 atom stereocenters. The second-order valence-electron chi connectivity index (χ2n) is 6.01. The maximum atomic E-state index is 13.3. The fourth-order valence-corrected chi connectivity index (χ4v) is 2.97. The summed E-state index contributed by atoms with van der Waals surface area (Å²) in [5.74, 6) is -0.125. The fraction of sp³-hybridized carbons (Fsp3) is 0.263. The van der Waals surface area contributed by atoms with Gasteiger partial charge in [0.05, 0.1) is 7.11 Å². The summed E-state index contributed by atoms with van der Waals surface area (Å²) in [5.41, 5.74) is 0.959. The van der Waals surface area contributed by atoms with E-state index in [-0.39, 0.29) is 11.9 Å². The Kier molecular flexibility index (Phi) is 5.36. The van der Waals surface area contributed by atoms with Gasteiger partial charge in [-0.25, -0.2) is 9.18 Å². The number of likely N-dealkylation sites (tertiary alicyclic amines) is 1. The molecule has 1 aliphatic heterocycles. The lowest BCUT2D eigenvalue weighted by Crippen LogP contribution is -2.45. The van der Waals surface area contributed by atoms with Crippen LogP contribution in [0.5, 0.6) is 5.75 Å². The maximum absolute atomic E-state index is 13.3. The molecular formula is C19H20FN3O3. The summed E-state index contributed by atoms with van der Waals surface area (Å²) in [7, 11) is 1.55. The van der Waals surface area contributed by atoms with Gasteiger partial charge in [0.15, 0.2) is 0 Å². The van der Waals surface area contributed by atoms with Crippen LogP contribution in [-0.2, 0) is 4.79 Å². The maximum Gasteiger partial charge on any atom is 0.322 e. The molecule has 7 heteroatoms. The molecule has 2 aromatic rings. The average molecular weight is 357 g/mol. The van der Waals surface area contributed by atoms with E-state index in [1.807, 2.05) is 0 Å². The first-order valence-electron chi connectivity index (χ1n) is 8.35. The Labute approximate surface area is 150 Å². The molecule has 2 N–H and O–H groups in total. The lowest BCUT2D eigenvalue weighted by molar-refractivity contribution is -0.119. The van der Waals surface area contributed by atoms with Gasteiger partial charge in [-0.05, 0) is 43.2 Å². The minimum atomic E-state index is -0.594. The summed E-state index contributed by atoms with van der Waals surface area (Å²) in [6, 6.07) is 11.7. The van der Waals surface area contributed by atoms with Crippen molar-refractivity contribution in [3.8, 4) is 5.75 Å². The van der Waals surface area contributed by atoms with Crippen molar-refractivity contribution in [1.29, 1.82) is 0 Å². The Morgan fingerprint density at radius 2 is 1.85 bits per heavy atom. The first-order chi connectivity index (χ1) is 12.6. The molecule has 3 amide bonds. The first-order valence-corrected chi connectivity index (χ1v) is 8.35. The Morgan fingerprint density at radius 3 is 2.58 bits per heavy atom. The van der Waals surface area contributed by atoms with Gasteiger partial charge in [0.1, 0.15) is 17.6 Å². The molecule has 1 aliphatic rings. The van der Waals surface area contributed by atoms with Crippen LogP contribution in [0.2, 0.25) is 0 Å². The first kappa shape index (κ1) is 17.7. The van der Waals surface area contributed by atoms with Crippen LogP contribution in [0.3, 0.4) is 0 Å². The highest BCUT2D eigenvalue weighted by molar-refractivity contribution is 5.99. The van der Waals surface area contributed by atoms with E-state index < -0.39 is 11.9 Å². The monoisotopic (exact) mass is 357 g/mol. The van der Waals surface area contributed by atoms with Crippen molar-refractivity contribution in [3.05, 3.63) is 54.3 Å². The molecular weight excluding hydrogens is 337 g/mol. The number of rotatable bonds is 4. The normalized spacial score (nSPS) is 16.2. The van der Waals surface area contributed by atoms with Gasteiger partial charge in [-0.1, -0.05) is 12.1 Å². The Bertz CT molecular complexity index is 812. The molecule has 3 rings (SSSR count). The van der Waals surface area contributed by atoms with Gasteiger partial charge in [-0.15, -0.1) is 0 Å². The minimum absolute atomic E-state index is 0.325. The van der Waals surface area contributed by atoms with Crippen LogP contribution in [0.25, 0.3) is 0 Å². The number of ether oxygens (including phenoxy) is 1. The number of nitrogens with zero attached hydrogens (tertiary/aromatic N) is 1. The number of benzene rings is 2. The molecule has 0 saturated carbocycles. The predicted molar refractivity (Wildman–Crippen MR) is 96.8 cm³/mol. The summed E-state index contributed by atoms with van der Waals surface area (Å²) in [5, 5.41) is 5.45. The summed E-state index contributed by atoms with van der Waals surface area (Å²) >= 11 is 0. The number of nitrogens with one attached hydrogen (secondary N) is 2. The van der Waals surface area contributed by atoms with E-state index >= 15 is 0 Å². The van der Waals surface area contributed by atoms with Crippen molar-refractivity contribution in [2.24, 2.45) is 0 Å². The number of carbonyl (C=O) groups is 2. The zero-order chi connectivity index (χ0) is 18.5. The summed E-state index contributed by atoms with van der Waals surface area (Å²) < 4.78 is 18.4. The van der Waals surface area contributed by atoms with Crippen LogP contribution in [0, 0.1) is 5.82 Å². The Hall–Kier alpha value is -3.09. The highest BCUT2D eigenvalue weighted by Gasteiger charge is 2.34. The third-order valence-corrected chi connectivity index (χ3v) is 4.23. The second-order valence-corrected chi connectivity index (χ2v) is 6.01. The van der Waals surface area contributed by atoms with Gasteiger partial charge < -0.3 is 20.3 Å². The molecule has 0 radical (unpaired) electrons. The number of hydrogen-bond acceptors (Lipinski definition) is 3. The van der Waals surface area contributed by atoms with E-state index in [1.165, 1.54) is 23.1 Å². The number of urea groups is 1. The number of carbonyl (C=O) groups excluding carboxylic acids is 2. The van der Waals surface area contributed by atoms with Crippen LogP contribution in [0.1, 0.15) is 12.8 Å². The van der Waals surface area contributed by atoms with E-state index in [0.717, 1.165) is 6.42 Å². The molecule has 0 bridgehead atoms. The van der Waals surface area contributed by atoms with E-state index in [9.17, 15) is 14.0 Å². The van der Waals surface area contributed by atoms with E-state index in [4.69, 9.17) is 4.74 Å². The topological polar surface area (TPSA) is 70.7 Å². The van der Waals surface area contributed by atoms with Gasteiger partial charge in [-0.2, -0.15) is 0 Å². The minimum Gasteiger partial charge on any atom is -0.497 e. The third kappa shape index (κ3) is 4.11. The van der Waals surface area contributed by atoms with Gasteiger partial charge in [0, 0.05) is 24.0 Å². The third-order valence-electron chi connectivity index (χ3n) is 4.23. The fourth-order valence-electron chi connectivity index (χ4n) is 2.97. The smallest absolute Gasteiger partial charge is 0.322 e. The van der Waals surface area contributed by atoms with E-state index in [1.54, 1.807) is 37.4 Å². The van der Waals surface area contributed by atoms with Crippen molar-refractivity contribution in [3.63, 3.8) is 0 Å². The number of anilines is 2. The highest BCUT2D eigenvalue weighted by Crippen LogP contribution is 2.22. The molecule has 136 valence electrons. The summed E-state index contributed by atoms with van der Waals surface area (Å²) in [6.07, 6.45) is 1.29. The molecule has 1 fully saturated rings. The van der Waals surface area contributed by atoms with Crippen LogP contribution in [0.15, 0.2) is 48.5 Å². The van der Waals surface area contributed by atoms with Gasteiger partial charge >= 0.3 is 6.03 Å². The van der Waals surface area contributed by atoms with Crippen LogP contribution in [-0.4, -0.2) is 36.5 Å². The van der Waals surface area contributed by atoms with Gasteiger partial charge in [-0.3, -0.25) is 4.79 Å². The molecule has 6 nitrogen and oxygen atoms in total. The quantitative estimate of drug-likeness (QED) is 0.880. The molecule has 0 aliphatic carbocycles. The summed E-state index contributed by atoms with van der Waals surface area (Å²) in [4.78, 5) is 26.6. The van der Waals surface area contributed by atoms with Crippen molar-refractivity contribution in [2.75, 3.05) is 24.3 Å². The zero-order valence-electron chi connectivity index (χ0n) is 14.4. The van der Waals surface area contributed by atoms with Crippen LogP contribution in [0.4, 0.5) is 20.6 Å². The Balaban J connectivity index is 1.66. The van der Waals surface area contributed by atoms with Crippen molar-refractivity contribution < 1.29 is 18.7 Å². The van der Waals surface area contributed by atoms with Crippen LogP contribution < -0.4 is 15.4 Å². The number of halogens is 1. The number of methoxy groups -OCH3 is 1. The standard InChI is InChI=1S/C19H20FN3O3/c1-26-16-8-3-7-15(12-16)22-19(25)23-10-4-9-17(23)18(24)21-14-6-2-5-13(20)11-14/h2-3,5-8,11-12,17H,4,9-10H2,1H3,(H,21,24)(H,22,25)/t17-/m0/s1. The largest absolute Gasteiger partial charge is 0.497 e. The van der Waals surface area contributed by atoms with Crippen molar-refractivity contribution >= 4 is 23.3 Å². The molecule has 0 unspecified atom stereocenters. The Morgan fingerprint density at radius 1 is 1.12 bits per heavy atom. The van der Waals surface area contributed by atoms with Gasteiger partial charge in [0.25, 0.3) is 0 Å². The molecule has 1 heterocycles. The molecule has 0 spiro atoms. The van der Waals surface area contributed by atoms with E-state index in [2.05, 4.69) is 10.6 Å². The zero-order valence-corrected chi connectivity index (χ0v) is 14.4. The molecule has 1 saturated heterocycles. The lowest BCUT2D eigenvalue weighted by atomic mass is 10.2. The molecule has 26 heavy (non-hydrogen) atoms. The lowest BCUT2D eigenvalue weighted by Gasteiger charge is -2.24. The number of hydrogen-bond donors (Lipinski definition) is 2. The van der Waals surface area contributed by atoms with Crippen molar-refractivity contribution in [2.45, 2.75) is 18.9 Å². The molecule has 2 aromatic carbocycles. The SMILES string of the molecule is COc1cccc(NC(=O)N2CCC[C@H]2C(=O)Nc2cccc(F)c2)c1. The van der Waals surface area contributed by atoms with Crippen LogP contribution >= 0.6 is 0 Å². The van der Waals surface area contributed by atoms with Crippen molar-refractivity contribution in [1.82, 2.24) is 4.90 Å². The van der Waals surface area contributed by atoms with E-state index in [0.29, 0.717) is 30.1 Å². The predicted octanol–water partition coefficient (Wildman–Crippen LogP) is 3.47. The second kappa shape index (κ2) is 7.86. The number of amides is 3. The van der Waals surface area contributed by atoms with Gasteiger partial charge in [0.2, 0.25) is 5.91 Å².